The lowest BCUT2D eigenvalue weighted by molar-refractivity contribution is 0.0660. The van der Waals surface area contributed by atoms with E-state index in [0.29, 0.717) is 6.54 Å². The number of nitrogens with zero attached hydrogens (tertiary/aromatic N) is 1. The van der Waals surface area contributed by atoms with Crippen LogP contribution >= 0.6 is 0 Å². The predicted octanol–water partition coefficient (Wildman–Crippen LogP) is 5.65. The van der Waals surface area contributed by atoms with Crippen LogP contribution in [0.1, 0.15) is 16.7 Å². The number of aliphatic hydroxyl groups excluding tert-OH is 1. The zero-order valence-corrected chi connectivity index (χ0v) is 21.3. The van der Waals surface area contributed by atoms with E-state index >= 15 is 0 Å². The molecule has 0 fully saturated rings. The van der Waals surface area contributed by atoms with E-state index in [9.17, 15) is 5.11 Å². The summed E-state index contributed by atoms with van der Waals surface area (Å²) in [6, 6.07) is 28.8. The maximum atomic E-state index is 10.9. The Balaban J connectivity index is 1.48. The fourth-order valence-electron chi connectivity index (χ4n) is 4.48. The summed E-state index contributed by atoms with van der Waals surface area (Å²) in [6.45, 7) is 4.29. The number of fused-ring (bicyclic) bond motifs is 1. The van der Waals surface area contributed by atoms with Crippen LogP contribution < -0.4 is 14.2 Å². The zero-order valence-electron chi connectivity index (χ0n) is 21.3. The molecule has 188 valence electrons. The lowest BCUT2D eigenvalue weighted by Crippen LogP contribution is -2.36. The van der Waals surface area contributed by atoms with Gasteiger partial charge in [-0.2, -0.15) is 0 Å². The lowest BCUT2D eigenvalue weighted by atomic mass is 10.0. The molecule has 0 radical (unpaired) electrons. The van der Waals surface area contributed by atoms with Gasteiger partial charge in [0.25, 0.3) is 0 Å². The Labute approximate surface area is 213 Å². The van der Waals surface area contributed by atoms with Crippen molar-refractivity contribution in [2.75, 3.05) is 33.9 Å². The van der Waals surface area contributed by atoms with Gasteiger partial charge in [-0.1, -0.05) is 60.7 Å². The van der Waals surface area contributed by atoms with Gasteiger partial charge in [-0.05, 0) is 65.1 Å². The van der Waals surface area contributed by atoms with E-state index in [2.05, 4.69) is 53.4 Å². The van der Waals surface area contributed by atoms with Crippen molar-refractivity contribution in [1.29, 1.82) is 0 Å². The number of methoxy groups -OCH3 is 2. The van der Waals surface area contributed by atoms with Crippen molar-refractivity contribution in [3.63, 3.8) is 0 Å². The Morgan fingerprint density at radius 2 is 1.61 bits per heavy atom. The third kappa shape index (κ3) is 6.78. The molecular weight excluding hydrogens is 450 g/mol. The molecule has 4 aromatic carbocycles. The normalized spacial score (nSPS) is 12.0. The molecule has 0 aromatic heterocycles. The van der Waals surface area contributed by atoms with E-state index in [-0.39, 0.29) is 6.61 Å². The topological polar surface area (TPSA) is 51.2 Å². The monoisotopic (exact) mass is 485 g/mol. The second-order valence-electron chi connectivity index (χ2n) is 9.09. The van der Waals surface area contributed by atoms with E-state index in [1.165, 1.54) is 16.3 Å². The molecule has 0 amide bonds. The molecule has 1 atom stereocenters. The Bertz CT molecular complexity index is 1270. The van der Waals surface area contributed by atoms with E-state index in [1.807, 2.05) is 43.3 Å². The number of hydrogen-bond donors (Lipinski definition) is 1. The highest BCUT2D eigenvalue weighted by molar-refractivity contribution is 5.85. The van der Waals surface area contributed by atoms with Crippen LogP contribution in [-0.4, -0.2) is 50.0 Å². The molecule has 4 rings (SSSR count). The first-order valence-electron chi connectivity index (χ1n) is 12.3. The standard InChI is InChI=1S/C31H35NO4/c1-23-8-6-12-28(18-23)36-22-27(33)21-32(17-16-24-14-15-30(34-2)31(19-24)35-3)20-26-11-7-10-25-9-4-5-13-29(25)26/h4-15,18-19,27,33H,16-17,20-22H2,1-3H3. The van der Waals surface area contributed by atoms with E-state index < -0.39 is 6.10 Å². The quantitative estimate of drug-likeness (QED) is 0.281. The van der Waals surface area contributed by atoms with Crippen LogP contribution in [0.15, 0.2) is 84.9 Å². The highest BCUT2D eigenvalue weighted by Crippen LogP contribution is 2.28. The summed E-state index contributed by atoms with van der Waals surface area (Å²) < 4.78 is 16.7. The summed E-state index contributed by atoms with van der Waals surface area (Å²) in [5, 5.41) is 13.3. The molecule has 1 unspecified atom stereocenters. The summed E-state index contributed by atoms with van der Waals surface area (Å²) in [5.74, 6) is 2.22. The van der Waals surface area contributed by atoms with Gasteiger partial charge in [-0.15, -0.1) is 0 Å². The van der Waals surface area contributed by atoms with Gasteiger partial charge in [0.1, 0.15) is 18.5 Å². The summed E-state index contributed by atoms with van der Waals surface area (Å²) in [6.07, 6.45) is 0.197. The molecule has 0 saturated carbocycles. The van der Waals surface area contributed by atoms with E-state index in [1.54, 1.807) is 14.2 Å². The minimum Gasteiger partial charge on any atom is -0.493 e. The SMILES string of the molecule is COc1ccc(CCN(Cc2cccc3ccccc23)CC(O)COc2cccc(C)c2)cc1OC. The number of aryl methyl sites for hydroxylation is 1. The predicted molar refractivity (Wildman–Crippen MR) is 145 cm³/mol. The van der Waals surface area contributed by atoms with Gasteiger partial charge < -0.3 is 19.3 Å². The minimum absolute atomic E-state index is 0.242. The van der Waals surface area contributed by atoms with E-state index in [0.717, 1.165) is 47.9 Å². The highest BCUT2D eigenvalue weighted by atomic mass is 16.5. The number of benzene rings is 4. The molecule has 36 heavy (non-hydrogen) atoms. The molecule has 0 spiro atoms. The van der Waals surface area contributed by atoms with Crippen molar-refractivity contribution in [1.82, 2.24) is 4.90 Å². The fourth-order valence-corrected chi connectivity index (χ4v) is 4.48. The average Bonchev–Trinajstić information content (AvgIpc) is 2.90. The average molecular weight is 486 g/mol. The molecule has 5 nitrogen and oxygen atoms in total. The number of aliphatic hydroxyl groups is 1. The molecule has 5 heteroatoms. The number of hydrogen-bond acceptors (Lipinski definition) is 5. The second kappa shape index (κ2) is 12.4. The fraction of sp³-hybridized carbons (Fsp3) is 0.290. The summed E-state index contributed by atoms with van der Waals surface area (Å²) in [5.41, 5.74) is 3.53. The van der Waals surface area contributed by atoms with Crippen LogP contribution in [-0.2, 0) is 13.0 Å². The molecule has 1 N–H and O–H groups in total. The van der Waals surface area contributed by atoms with Gasteiger partial charge in [0, 0.05) is 19.6 Å². The molecule has 4 aromatic rings. The van der Waals surface area contributed by atoms with Crippen molar-refractivity contribution >= 4 is 10.8 Å². The lowest BCUT2D eigenvalue weighted by Gasteiger charge is -2.26. The summed E-state index contributed by atoms with van der Waals surface area (Å²) >= 11 is 0. The van der Waals surface area contributed by atoms with Gasteiger partial charge in [0.2, 0.25) is 0 Å². The molecule has 0 aliphatic rings. The van der Waals surface area contributed by atoms with Crippen LogP contribution in [0.25, 0.3) is 10.8 Å². The number of rotatable bonds is 12. The highest BCUT2D eigenvalue weighted by Gasteiger charge is 2.15. The Morgan fingerprint density at radius 1 is 0.833 bits per heavy atom. The van der Waals surface area contributed by atoms with Crippen LogP contribution in [0.4, 0.5) is 0 Å². The summed E-state index contributed by atoms with van der Waals surface area (Å²) in [4.78, 5) is 2.29. The first kappa shape index (κ1) is 25.5. The maximum absolute atomic E-state index is 10.9. The minimum atomic E-state index is -0.620. The van der Waals surface area contributed by atoms with Crippen LogP contribution in [0, 0.1) is 6.92 Å². The van der Waals surface area contributed by atoms with Gasteiger partial charge in [0.05, 0.1) is 14.2 Å². The summed E-state index contributed by atoms with van der Waals surface area (Å²) in [7, 11) is 3.29. The van der Waals surface area contributed by atoms with Gasteiger partial charge in [-0.3, -0.25) is 4.90 Å². The molecule has 0 heterocycles. The van der Waals surface area contributed by atoms with Crippen LogP contribution in [0.3, 0.4) is 0 Å². The number of ether oxygens (including phenoxy) is 3. The Kier molecular flexibility index (Phi) is 8.82. The first-order valence-corrected chi connectivity index (χ1v) is 12.3. The second-order valence-corrected chi connectivity index (χ2v) is 9.09. The van der Waals surface area contributed by atoms with Crippen molar-refractivity contribution in [2.24, 2.45) is 0 Å². The van der Waals surface area contributed by atoms with E-state index in [4.69, 9.17) is 14.2 Å². The largest absolute Gasteiger partial charge is 0.493 e. The Hall–Kier alpha value is -3.54. The molecule has 0 aliphatic heterocycles. The maximum Gasteiger partial charge on any atom is 0.160 e. The van der Waals surface area contributed by atoms with Crippen molar-refractivity contribution in [3.05, 3.63) is 102 Å². The van der Waals surface area contributed by atoms with Gasteiger partial charge in [0.15, 0.2) is 11.5 Å². The van der Waals surface area contributed by atoms with Crippen LogP contribution in [0.2, 0.25) is 0 Å². The first-order chi connectivity index (χ1) is 17.6. The third-order valence-electron chi connectivity index (χ3n) is 6.34. The Morgan fingerprint density at radius 3 is 2.42 bits per heavy atom. The molecule has 0 aliphatic carbocycles. The van der Waals surface area contributed by atoms with Gasteiger partial charge in [-0.25, -0.2) is 0 Å². The van der Waals surface area contributed by atoms with Crippen molar-refractivity contribution < 1.29 is 19.3 Å². The third-order valence-corrected chi connectivity index (χ3v) is 6.34. The molecule has 0 bridgehead atoms. The zero-order chi connectivity index (χ0) is 25.3. The van der Waals surface area contributed by atoms with Gasteiger partial charge >= 0.3 is 0 Å². The van der Waals surface area contributed by atoms with Crippen molar-refractivity contribution in [3.8, 4) is 17.2 Å². The molecule has 0 saturated heterocycles. The van der Waals surface area contributed by atoms with Crippen molar-refractivity contribution in [2.45, 2.75) is 26.0 Å². The smallest absolute Gasteiger partial charge is 0.160 e. The van der Waals surface area contributed by atoms with Crippen LogP contribution in [0.5, 0.6) is 17.2 Å². The molecular formula is C31H35NO4.